The molecule has 3 rings (SSSR count). The number of ether oxygens (including phenoxy) is 2. The van der Waals surface area contributed by atoms with Crippen LogP contribution in [0.2, 0.25) is 5.02 Å². The molecule has 5 atom stereocenters. The fourth-order valence-electron chi connectivity index (χ4n) is 4.74. The van der Waals surface area contributed by atoms with Gasteiger partial charge in [-0.3, -0.25) is 19.7 Å². The van der Waals surface area contributed by atoms with Crippen molar-refractivity contribution in [3.05, 3.63) is 34.3 Å². The molecular formula is C26H38ClN3O6. The number of likely N-dealkylation sites (tertiary alicyclic amines) is 1. The minimum Gasteiger partial charge on any atom is -0.433 e. The first kappa shape index (κ1) is 28.4. The standard InChI is InChI=1S/C26H38ClN3O6/c1-6-15-10-8-11-16(20(15)27)22(32)29-21(26(3,4)5)24(34)30-13-9-12-18(30)23(33)28-17-14-19(31)36-25(17)35-7-2/h8,10-11,17-18,21-22,25,29,32H,6-7,9,12-14H2,1-5H3,(H,28,33)/t17-,18-,21+,22?,25+/m0/s1. The number of nitrogens with one attached hydrogen (secondary N) is 2. The molecule has 0 aromatic heterocycles. The van der Waals surface area contributed by atoms with Crippen LogP contribution in [0.4, 0.5) is 0 Å². The molecule has 10 heteroatoms. The summed E-state index contributed by atoms with van der Waals surface area (Å²) in [6, 6.07) is 3.38. The van der Waals surface area contributed by atoms with Crippen molar-refractivity contribution in [2.75, 3.05) is 13.2 Å². The van der Waals surface area contributed by atoms with Gasteiger partial charge in [-0.05, 0) is 37.2 Å². The zero-order chi connectivity index (χ0) is 26.6. The molecule has 2 saturated heterocycles. The van der Waals surface area contributed by atoms with Crippen molar-refractivity contribution < 1.29 is 29.0 Å². The maximum atomic E-state index is 13.8. The molecule has 2 fully saturated rings. The molecule has 200 valence electrons. The van der Waals surface area contributed by atoms with E-state index in [1.54, 1.807) is 17.9 Å². The number of aryl methyl sites for hydroxylation is 1. The normalized spacial score (nSPS) is 23.9. The van der Waals surface area contributed by atoms with Gasteiger partial charge in [-0.2, -0.15) is 0 Å². The maximum absolute atomic E-state index is 13.8. The highest BCUT2D eigenvalue weighted by atomic mass is 35.5. The molecule has 0 saturated carbocycles. The van der Waals surface area contributed by atoms with E-state index < -0.39 is 42.0 Å². The zero-order valence-electron chi connectivity index (χ0n) is 21.7. The number of halogens is 1. The SMILES string of the molecule is CCO[C@@H]1OC(=O)C[C@@H]1NC(=O)[C@@H]1CCCN1C(=O)[C@@H](NC(O)c1cccc(CC)c1Cl)C(C)(C)C. The zero-order valence-corrected chi connectivity index (χ0v) is 22.4. The lowest BCUT2D eigenvalue weighted by atomic mass is 9.85. The summed E-state index contributed by atoms with van der Waals surface area (Å²) in [5.41, 5.74) is 0.841. The minimum absolute atomic E-state index is 0.0209. The molecule has 0 radical (unpaired) electrons. The van der Waals surface area contributed by atoms with E-state index in [1.807, 2.05) is 39.8 Å². The molecule has 1 unspecified atom stereocenters. The lowest BCUT2D eigenvalue weighted by molar-refractivity contribution is -0.164. The number of nitrogens with zero attached hydrogens (tertiary/aromatic N) is 1. The Morgan fingerprint density at radius 2 is 2.03 bits per heavy atom. The first-order chi connectivity index (χ1) is 17.0. The Labute approximate surface area is 217 Å². The van der Waals surface area contributed by atoms with Crippen LogP contribution in [0.25, 0.3) is 0 Å². The Kier molecular flexibility index (Phi) is 9.38. The van der Waals surface area contributed by atoms with Crippen molar-refractivity contribution >= 4 is 29.4 Å². The number of rotatable bonds is 9. The smallest absolute Gasteiger partial charge is 0.310 e. The molecule has 3 N–H and O–H groups in total. The van der Waals surface area contributed by atoms with E-state index in [0.29, 0.717) is 43.0 Å². The van der Waals surface area contributed by atoms with Gasteiger partial charge in [0.1, 0.15) is 18.3 Å². The summed E-state index contributed by atoms with van der Waals surface area (Å²) in [5, 5.41) is 17.4. The lowest BCUT2D eigenvalue weighted by Crippen LogP contribution is -2.58. The van der Waals surface area contributed by atoms with Crippen molar-refractivity contribution in [1.29, 1.82) is 0 Å². The van der Waals surface area contributed by atoms with Gasteiger partial charge in [0, 0.05) is 18.7 Å². The second kappa shape index (κ2) is 11.9. The van der Waals surface area contributed by atoms with Gasteiger partial charge < -0.3 is 24.8 Å². The van der Waals surface area contributed by atoms with Gasteiger partial charge in [0.2, 0.25) is 18.1 Å². The number of amides is 2. The summed E-state index contributed by atoms with van der Waals surface area (Å²) >= 11 is 6.51. The molecule has 2 heterocycles. The molecule has 0 aliphatic carbocycles. The van der Waals surface area contributed by atoms with Crippen molar-refractivity contribution in [3.63, 3.8) is 0 Å². The van der Waals surface area contributed by atoms with E-state index in [-0.39, 0.29) is 18.2 Å². The van der Waals surface area contributed by atoms with Crippen LogP contribution in [-0.2, 0) is 30.3 Å². The second-order valence-corrected chi connectivity index (χ2v) is 10.7. The van der Waals surface area contributed by atoms with Crippen LogP contribution in [0.5, 0.6) is 0 Å². The van der Waals surface area contributed by atoms with Crippen LogP contribution >= 0.6 is 11.6 Å². The second-order valence-electron chi connectivity index (χ2n) is 10.4. The number of cyclic esters (lactones) is 1. The van der Waals surface area contributed by atoms with E-state index >= 15 is 0 Å². The highest BCUT2D eigenvalue weighted by molar-refractivity contribution is 6.32. The Morgan fingerprint density at radius 1 is 1.31 bits per heavy atom. The first-order valence-electron chi connectivity index (χ1n) is 12.6. The molecular weight excluding hydrogens is 486 g/mol. The monoisotopic (exact) mass is 523 g/mol. The largest absolute Gasteiger partial charge is 0.433 e. The van der Waals surface area contributed by atoms with Crippen LogP contribution in [-0.4, -0.2) is 65.4 Å². The molecule has 2 aliphatic rings. The predicted molar refractivity (Wildman–Crippen MR) is 135 cm³/mol. The fourth-order valence-corrected chi connectivity index (χ4v) is 5.10. The van der Waals surface area contributed by atoms with Crippen LogP contribution in [0.1, 0.15) is 71.2 Å². The number of hydrogen-bond donors (Lipinski definition) is 3. The predicted octanol–water partition coefficient (Wildman–Crippen LogP) is 2.68. The van der Waals surface area contributed by atoms with Crippen molar-refractivity contribution in [1.82, 2.24) is 15.5 Å². The van der Waals surface area contributed by atoms with E-state index in [4.69, 9.17) is 21.1 Å². The van der Waals surface area contributed by atoms with E-state index in [0.717, 1.165) is 5.56 Å². The average molecular weight is 524 g/mol. The Balaban J connectivity index is 1.76. The number of aliphatic hydroxyl groups is 1. The molecule has 1 aromatic rings. The lowest BCUT2D eigenvalue weighted by Gasteiger charge is -2.37. The minimum atomic E-state index is -1.17. The van der Waals surface area contributed by atoms with Gasteiger partial charge in [0.25, 0.3) is 0 Å². The number of carbonyl (C=O) groups excluding carboxylic acids is 3. The highest BCUT2D eigenvalue weighted by Gasteiger charge is 2.44. The number of carbonyl (C=O) groups is 3. The van der Waals surface area contributed by atoms with Gasteiger partial charge >= 0.3 is 5.97 Å². The molecule has 0 bridgehead atoms. The third kappa shape index (κ3) is 6.37. The van der Waals surface area contributed by atoms with E-state index in [2.05, 4.69) is 10.6 Å². The van der Waals surface area contributed by atoms with E-state index in [1.165, 1.54) is 0 Å². The molecule has 2 amide bonds. The molecule has 36 heavy (non-hydrogen) atoms. The quantitative estimate of drug-likeness (QED) is 0.336. The van der Waals surface area contributed by atoms with E-state index in [9.17, 15) is 19.5 Å². The summed E-state index contributed by atoms with van der Waals surface area (Å²) in [6.45, 7) is 10.2. The molecule has 0 spiro atoms. The van der Waals surface area contributed by atoms with Gasteiger partial charge in [-0.1, -0.05) is 57.5 Å². The highest BCUT2D eigenvalue weighted by Crippen LogP contribution is 2.31. The topological polar surface area (TPSA) is 117 Å². The molecule has 2 aliphatic heterocycles. The van der Waals surface area contributed by atoms with Gasteiger partial charge in [-0.15, -0.1) is 0 Å². The summed E-state index contributed by atoms with van der Waals surface area (Å²) in [7, 11) is 0. The first-order valence-corrected chi connectivity index (χ1v) is 13.0. The van der Waals surface area contributed by atoms with Crippen molar-refractivity contribution in [2.24, 2.45) is 5.41 Å². The third-order valence-corrected chi connectivity index (χ3v) is 7.14. The van der Waals surface area contributed by atoms with Gasteiger partial charge in [0.15, 0.2) is 0 Å². The van der Waals surface area contributed by atoms with Gasteiger partial charge in [-0.25, -0.2) is 0 Å². The summed E-state index contributed by atoms with van der Waals surface area (Å²) in [4.78, 5) is 40.3. The number of benzene rings is 1. The summed E-state index contributed by atoms with van der Waals surface area (Å²) in [5.74, 6) is -1.06. The van der Waals surface area contributed by atoms with Crippen LogP contribution in [0.3, 0.4) is 0 Å². The number of hydrogen-bond acceptors (Lipinski definition) is 7. The summed E-state index contributed by atoms with van der Waals surface area (Å²) in [6.07, 6.45) is -0.0917. The fraction of sp³-hybridized carbons (Fsp3) is 0.654. The van der Waals surface area contributed by atoms with Gasteiger partial charge in [0.05, 0.1) is 17.5 Å². The van der Waals surface area contributed by atoms with Crippen LogP contribution in [0.15, 0.2) is 18.2 Å². The third-order valence-electron chi connectivity index (χ3n) is 6.68. The summed E-state index contributed by atoms with van der Waals surface area (Å²) < 4.78 is 10.6. The number of aliphatic hydroxyl groups excluding tert-OH is 1. The van der Waals surface area contributed by atoms with Crippen molar-refractivity contribution in [2.45, 2.75) is 90.9 Å². The van der Waals surface area contributed by atoms with Crippen molar-refractivity contribution in [3.8, 4) is 0 Å². The maximum Gasteiger partial charge on any atom is 0.310 e. The molecule has 1 aromatic carbocycles. The Hall–Kier alpha value is -2.20. The Bertz CT molecular complexity index is 965. The van der Waals surface area contributed by atoms with Crippen LogP contribution < -0.4 is 10.6 Å². The van der Waals surface area contributed by atoms with Crippen LogP contribution in [0, 0.1) is 5.41 Å². The Morgan fingerprint density at radius 3 is 2.67 bits per heavy atom. The molecule has 9 nitrogen and oxygen atoms in total. The number of esters is 1. The average Bonchev–Trinajstić information content (AvgIpc) is 3.43.